The Labute approximate surface area is 133 Å². The zero-order valence-corrected chi connectivity index (χ0v) is 12.0. The molecule has 0 fully saturated rings. The van der Waals surface area contributed by atoms with E-state index in [0.29, 0.717) is 0 Å². The molecule has 0 N–H and O–H groups in total. The second-order valence-electron chi connectivity index (χ2n) is 3.93. The molecule has 25 heavy (non-hydrogen) atoms. The molecule has 0 aliphatic rings. The van der Waals surface area contributed by atoms with Crippen LogP contribution in [0.4, 0.5) is 70.2 Å². The highest BCUT2D eigenvalue weighted by molar-refractivity contribution is 8.77. The van der Waals surface area contributed by atoms with E-state index in [9.17, 15) is 70.2 Å². The smallest absolute Gasteiger partial charge is 0.210 e. The van der Waals surface area contributed by atoms with Crippen molar-refractivity contribution in [3.63, 3.8) is 0 Å². The summed E-state index contributed by atoms with van der Waals surface area (Å²) in [6, 6.07) is 0. The molecular weight excluding hydrogens is 452 g/mol. The van der Waals surface area contributed by atoms with Gasteiger partial charge in [-0.05, 0) is 10.8 Å². The number of alkyl halides is 16. The zero-order chi connectivity index (χ0) is 20.9. The van der Waals surface area contributed by atoms with Gasteiger partial charge in [0.15, 0.2) is 0 Å². The Morgan fingerprint density at radius 2 is 0.560 bits per heavy atom. The van der Waals surface area contributed by atoms with Gasteiger partial charge < -0.3 is 0 Å². The third kappa shape index (κ3) is 4.13. The largest absolute Gasteiger partial charge is 0.442 e. The number of hydrogen-bond donors (Lipinski definition) is 0. The van der Waals surface area contributed by atoms with Crippen molar-refractivity contribution in [2.45, 2.75) is 40.6 Å². The first-order valence-corrected chi connectivity index (χ1v) is 7.00. The number of rotatable bonds is 3. The van der Waals surface area contributed by atoms with Crippen molar-refractivity contribution < 1.29 is 70.2 Å². The minimum absolute atomic E-state index is 2.93. The molecule has 152 valence electrons. The molecule has 0 aromatic rings. The lowest BCUT2D eigenvalue weighted by Gasteiger charge is -2.39. The van der Waals surface area contributed by atoms with Crippen LogP contribution in [0.25, 0.3) is 0 Å². The molecule has 0 spiro atoms. The standard InChI is InChI=1S/C7F16S2/c8-2(6(18,19)20,7(21,22)23)25-24-1(3(9,10)11,4(12,13)14)5(15,16)17. The fourth-order valence-corrected chi connectivity index (χ4v) is 3.85. The van der Waals surface area contributed by atoms with Crippen LogP contribution in [-0.2, 0) is 0 Å². The molecule has 0 saturated heterocycles. The second-order valence-corrected chi connectivity index (χ2v) is 6.44. The SMILES string of the molecule is FC(F)(F)C(F)(SSC(C(F)(F)F)(C(F)(F)F)C(F)(F)F)C(F)(F)F. The van der Waals surface area contributed by atoms with Crippen molar-refractivity contribution in [3.8, 4) is 0 Å². The summed E-state index contributed by atoms with van der Waals surface area (Å²) in [5.41, 5.74) is 0. The monoisotopic (exact) mass is 452 g/mol. The van der Waals surface area contributed by atoms with Crippen molar-refractivity contribution in [1.82, 2.24) is 0 Å². The molecular formula is C7F16S2. The summed E-state index contributed by atoms with van der Waals surface area (Å²) in [5, 5.41) is -6.84. The Balaban J connectivity index is 6.35. The minimum atomic E-state index is -7.46. The first kappa shape index (κ1) is 24.6. The van der Waals surface area contributed by atoms with Gasteiger partial charge in [0.2, 0.25) is 0 Å². The lowest BCUT2D eigenvalue weighted by molar-refractivity contribution is -0.344. The highest BCUT2D eigenvalue weighted by Crippen LogP contribution is 2.68. The summed E-state index contributed by atoms with van der Waals surface area (Å²) >= 11 is 0. The van der Waals surface area contributed by atoms with Gasteiger partial charge in [-0.1, -0.05) is 10.8 Å². The minimum Gasteiger partial charge on any atom is -0.210 e. The summed E-state index contributed by atoms with van der Waals surface area (Å²) in [6.45, 7) is 0. The summed E-state index contributed by atoms with van der Waals surface area (Å²) < 4.78 is 190. The summed E-state index contributed by atoms with van der Waals surface area (Å²) in [7, 11) is -5.96. The third-order valence-electron chi connectivity index (χ3n) is 2.21. The molecule has 0 heterocycles. The molecule has 0 saturated carbocycles. The lowest BCUT2D eigenvalue weighted by Crippen LogP contribution is -2.63. The van der Waals surface area contributed by atoms with Crippen molar-refractivity contribution in [2.75, 3.05) is 0 Å². The van der Waals surface area contributed by atoms with E-state index in [1.54, 1.807) is 0 Å². The Kier molecular flexibility index (Phi) is 6.22. The first-order chi connectivity index (χ1) is 10.5. The van der Waals surface area contributed by atoms with E-state index in [0.717, 1.165) is 0 Å². The molecule has 0 unspecified atom stereocenters. The molecule has 0 amide bonds. The summed E-state index contributed by atoms with van der Waals surface area (Å²) in [5.74, 6) is 0. The Bertz CT molecular complexity index is 409. The molecule has 0 radical (unpaired) electrons. The third-order valence-corrected chi connectivity index (χ3v) is 5.62. The fraction of sp³-hybridized carbons (Fsp3) is 1.00. The Morgan fingerprint density at radius 3 is 0.720 bits per heavy atom. The topological polar surface area (TPSA) is 0 Å². The van der Waals surface area contributed by atoms with E-state index in [-0.39, 0.29) is 0 Å². The van der Waals surface area contributed by atoms with E-state index < -0.39 is 62.2 Å². The van der Waals surface area contributed by atoms with Crippen molar-refractivity contribution in [1.29, 1.82) is 0 Å². The summed E-state index contributed by atoms with van der Waals surface area (Å²) in [6.07, 6.45) is -36.7. The summed E-state index contributed by atoms with van der Waals surface area (Å²) in [4.78, 5) is 0. The Hall–Kier alpha value is -0.420. The van der Waals surface area contributed by atoms with E-state index in [2.05, 4.69) is 0 Å². The van der Waals surface area contributed by atoms with Crippen LogP contribution in [-0.4, -0.2) is 40.6 Å². The van der Waals surface area contributed by atoms with Gasteiger partial charge in [0, 0.05) is 0 Å². The van der Waals surface area contributed by atoms with Gasteiger partial charge in [0.25, 0.3) is 0 Å². The van der Waals surface area contributed by atoms with E-state index >= 15 is 0 Å². The van der Waals surface area contributed by atoms with Crippen molar-refractivity contribution in [3.05, 3.63) is 0 Å². The maximum absolute atomic E-state index is 13.1. The van der Waals surface area contributed by atoms with Crippen LogP contribution < -0.4 is 0 Å². The van der Waals surface area contributed by atoms with Gasteiger partial charge in [0.05, 0.1) is 0 Å². The van der Waals surface area contributed by atoms with Gasteiger partial charge in [-0.25, -0.2) is 4.39 Å². The molecule has 0 atom stereocenters. The van der Waals surface area contributed by atoms with Crippen molar-refractivity contribution in [2.24, 2.45) is 0 Å². The average molecular weight is 452 g/mol. The normalized spacial score (nSPS) is 16.3. The van der Waals surface area contributed by atoms with Crippen LogP contribution in [0.1, 0.15) is 0 Å². The number of hydrogen-bond acceptors (Lipinski definition) is 2. The van der Waals surface area contributed by atoms with Gasteiger partial charge >= 0.3 is 40.6 Å². The average Bonchev–Trinajstić information content (AvgIpc) is 2.19. The van der Waals surface area contributed by atoms with Crippen LogP contribution in [0.3, 0.4) is 0 Å². The maximum Gasteiger partial charge on any atom is 0.442 e. The molecule has 0 aliphatic heterocycles. The highest BCUT2D eigenvalue weighted by atomic mass is 33.1. The quantitative estimate of drug-likeness (QED) is 0.351. The highest BCUT2D eigenvalue weighted by Gasteiger charge is 2.86. The molecule has 0 nitrogen and oxygen atoms in total. The van der Waals surface area contributed by atoms with Gasteiger partial charge in [0.1, 0.15) is 0 Å². The van der Waals surface area contributed by atoms with E-state index in [1.807, 2.05) is 0 Å². The maximum atomic E-state index is 13.1. The molecule has 0 aromatic carbocycles. The molecule has 0 aromatic heterocycles. The molecule has 0 aliphatic carbocycles. The predicted molar refractivity (Wildman–Crippen MR) is 52.0 cm³/mol. The van der Waals surface area contributed by atoms with Crippen LogP contribution in [0.5, 0.6) is 0 Å². The van der Waals surface area contributed by atoms with Crippen molar-refractivity contribution >= 4 is 21.6 Å². The van der Waals surface area contributed by atoms with Crippen LogP contribution in [0.2, 0.25) is 0 Å². The van der Waals surface area contributed by atoms with Gasteiger partial charge in [-0.3, -0.25) is 0 Å². The second kappa shape index (κ2) is 6.33. The fourth-order valence-electron chi connectivity index (χ4n) is 0.999. The molecule has 0 rings (SSSR count). The Morgan fingerprint density at radius 1 is 0.320 bits per heavy atom. The predicted octanol–water partition coefficient (Wildman–Crippen LogP) is 6.58. The zero-order valence-electron chi connectivity index (χ0n) is 10.4. The van der Waals surface area contributed by atoms with Gasteiger partial charge in [-0.15, -0.1) is 0 Å². The molecule has 18 heteroatoms. The first-order valence-electron chi connectivity index (χ1n) is 4.85. The van der Waals surface area contributed by atoms with Gasteiger partial charge in [-0.2, -0.15) is 65.9 Å². The van der Waals surface area contributed by atoms with Crippen LogP contribution >= 0.6 is 21.6 Å². The van der Waals surface area contributed by atoms with E-state index in [1.165, 1.54) is 0 Å². The van der Waals surface area contributed by atoms with E-state index in [4.69, 9.17) is 0 Å². The number of halogens is 16. The van der Waals surface area contributed by atoms with Crippen LogP contribution in [0, 0.1) is 0 Å². The lowest BCUT2D eigenvalue weighted by atomic mass is 10.1. The molecule has 0 bridgehead atoms. The van der Waals surface area contributed by atoms with Crippen LogP contribution in [0.15, 0.2) is 0 Å².